The highest BCUT2D eigenvalue weighted by molar-refractivity contribution is 7.10. The van der Waals surface area contributed by atoms with Gasteiger partial charge in [-0.1, -0.05) is 30.3 Å². The van der Waals surface area contributed by atoms with E-state index in [0.29, 0.717) is 6.42 Å². The third-order valence-corrected chi connectivity index (χ3v) is 5.09. The van der Waals surface area contributed by atoms with E-state index in [1.807, 2.05) is 35.7 Å². The molecule has 4 heteroatoms. The van der Waals surface area contributed by atoms with Crippen LogP contribution in [0.2, 0.25) is 0 Å². The molecule has 0 radical (unpaired) electrons. The Kier molecular flexibility index (Phi) is 4.17. The number of methoxy groups -OCH3 is 1. The van der Waals surface area contributed by atoms with E-state index < -0.39 is 5.60 Å². The van der Waals surface area contributed by atoms with Gasteiger partial charge in [-0.05, 0) is 25.7 Å². The second-order valence-corrected chi connectivity index (χ2v) is 6.44. The molecule has 21 heavy (non-hydrogen) atoms. The molecule has 0 unspecified atom stereocenters. The summed E-state index contributed by atoms with van der Waals surface area (Å²) in [7, 11) is 1.65. The van der Waals surface area contributed by atoms with Crippen LogP contribution >= 0.6 is 11.3 Å². The lowest BCUT2D eigenvalue weighted by Crippen LogP contribution is -2.38. The molecule has 0 N–H and O–H groups in total. The Morgan fingerprint density at radius 2 is 2.00 bits per heavy atom. The third-order valence-electron chi connectivity index (χ3n) is 4.24. The number of nitrogens with zero attached hydrogens (tertiary/aromatic N) is 1. The molecule has 110 valence electrons. The summed E-state index contributed by atoms with van der Waals surface area (Å²) >= 11 is 1.55. The first-order valence-corrected chi connectivity index (χ1v) is 8.20. The van der Waals surface area contributed by atoms with Crippen molar-refractivity contribution in [2.75, 3.05) is 7.11 Å². The fourth-order valence-electron chi connectivity index (χ4n) is 2.97. The molecular weight excluding hydrogens is 282 g/mol. The van der Waals surface area contributed by atoms with Gasteiger partial charge in [0.05, 0.1) is 12.1 Å². The summed E-state index contributed by atoms with van der Waals surface area (Å²) in [6.45, 7) is 0. The predicted molar refractivity (Wildman–Crippen MR) is 84.5 cm³/mol. The van der Waals surface area contributed by atoms with Gasteiger partial charge in [-0.2, -0.15) is 0 Å². The molecule has 1 aromatic heterocycles. The highest BCUT2D eigenvalue weighted by Crippen LogP contribution is 2.35. The quantitative estimate of drug-likeness (QED) is 0.841. The fraction of sp³-hybridized carbons (Fsp3) is 0.412. The number of ketones is 1. The molecule has 2 aromatic rings. The van der Waals surface area contributed by atoms with E-state index in [2.05, 4.69) is 4.98 Å². The van der Waals surface area contributed by atoms with Crippen LogP contribution in [0.5, 0.6) is 0 Å². The van der Waals surface area contributed by atoms with Crippen molar-refractivity contribution in [1.29, 1.82) is 0 Å². The normalized spacial score (nSPS) is 17.0. The Bertz CT molecular complexity index is 615. The van der Waals surface area contributed by atoms with Crippen LogP contribution in [0.4, 0.5) is 0 Å². The monoisotopic (exact) mass is 301 g/mol. The van der Waals surface area contributed by atoms with Crippen LogP contribution in [0.1, 0.15) is 30.7 Å². The average Bonchev–Trinajstić information content (AvgIpc) is 3.18. The van der Waals surface area contributed by atoms with Crippen molar-refractivity contribution in [1.82, 2.24) is 4.98 Å². The first kappa shape index (κ1) is 14.4. The Hall–Kier alpha value is -1.52. The van der Waals surface area contributed by atoms with Gasteiger partial charge in [0, 0.05) is 18.1 Å². The maximum absolute atomic E-state index is 12.6. The molecule has 0 spiro atoms. The zero-order valence-corrected chi connectivity index (χ0v) is 13.0. The second-order valence-electron chi connectivity index (χ2n) is 5.50. The number of carbonyl (C=O) groups is 1. The van der Waals surface area contributed by atoms with E-state index in [4.69, 9.17) is 4.74 Å². The lowest BCUT2D eigenvalue weighted by Gasteiger charge is -2.25. The SMILES string of the molecule is COC1(C(=O)Cc2nc(-c3ccccc3)cs2)CCCC1. The van der Waals surface area contributed by atoms with Gasteiger partial charge < -0.3 is 4.74 Å². The lowest BCUT2D eigenvalue weighted by molar-refractivity contribution is -0.139. The van der Waals surface area contributed by atoms with Crippen molar-refractivity contribution in [2.45, 2.75) is 37.7 Å². The van der Waals surface area contributed by atoms with Crippen molar-refractivity contribution >= 4 is 17.1 Å². The second kappa shape index (κ2) is 6.08. The average molecular weight is 301 g/mol. The van der Waals surface area contributed by atoms with Gasteiger partial charge in [0.15, 0.2) is 5.78 Å². The number of Topliss-reactive ketones (excluding diaryl/α,β-unsaturated/α-hetero) is 1. The van der Waals surface area contributed by atoms with Crippen molar-refractivity contribution in [3.63, 3.8) is 0 Å². The van der Waals surface area contributed by atoms with E-state index in [1.165, 1.54) is 0 Å². The van der Waals surface area contributed by atoms with Gasteiger partial charge in [-0.15, -0.1) is 11.3 Å². The summed E-state index contributed by atoms with van der Waals surface area (Å²) < 4.78 is 5.55. The summed E-state index contributed by atoms with van der Waals surface area (Å²) in [5.41, 5.74) is 1.48. The molecular formula is C17H19NO2S. The molecule has 0 amide bonds. The highest BCUT2D eigenvalue weighted by Gasteiger charge is 2.40. The molecule has 0 bridgehead atoms. The molecule has 3 rings (SSSR count). The van der Waals surface area contributed by atoms with Crippen LogP contribution < -0.4 is 0 Å². The molecule has 3 nitrogen and oxygen atoms in total. The minimum Gasteiger partial charge on any atom is -0.370 e. The fourth-order valence-corrected chi connectivity index (χ4v) is 3.78. The lowest BCUT2D eigenvalue weighted by atomic mass is 9.94. The van der Waals surface area contributed by atoms with Gasteiger partial charge >= 0.3 is 0 Å². The number of hydrogen-bond acceptors (Lipinski definition) is 4. The van der Waals surface area contributed by atoms with Gasteiger partial charge in [0.2, 0.25) is 0 Å². The van der Waals surface area contributed by atoms with Crippen LogP contribution in [0, 0.1) is 0 Å². The molecule has 0 saturated heterocycles. The predicted octanol–water partition coefficient (Wildman–Crippen LogP) is 3.88. The van der Waals surface area contributed by atoms with Gasteiger partial charge in [0.1, 0.15) is 10.6 Å². The van der Waals surface area contributed by atoms with E-state index >= 15 is 0 Å². The first-order chi connectivity index (χ1) is 10.2. The minimum absolute atomic E-state index is 0.177. The molecule has 1 heterocycles. The van der Waals surface area contributed by atoms with Crippen LogP contribution in [-0.2, 0) is 16.0 Å². The third kappa shape index (κ3) is 2.92. The maximum Gasteiger partial charge on any atom is 0.171 e. The summed E-state index contributed by atoms with van der Waals surface area (Å²) in [5.74, 6) is 0.177. The van der Waals surface area contributed by atoms with E-state index in [-0.39, 0.29) is 5.78 Å². The van der Waals surface area contributed by atoms with Crippen LogP contribution in [0.3, 0.4) is 0 Å². The number of hydrogen-bond donors (Lipinski definition) is 0. The van der Waals surface area contributed by atoms with Crippen molar-refractivity contribution in [2.24, 2.45) is 0 Å². The van der Waals surface area contributed by atoms with Gasteiger partial charge in [-0.25, -0.2) is 4.98 Å². The topological polar surface area (TPSA) is 39.2 Å². The van der Waals surface area contributed by atoms with Crippen molar-refractivity contribution < 1.29 is 9.53 Å². The smallest absolute Gasteiger partial charge is 0.171 e. The molecule has 0 atom stereocenters. The number of thiazole rings is 1. The molecule has 1 fully saturated rings. The Balaban J connectivity index is 1.74. The largest absolute Gasteiger partial charge is 0.370 e. The first-order valence-electron chi connectivity index (χ1n) is 7.32. The molecule has 1 saturated carbocycles. The number of aromatic nitrogens is 1. The maximum atomic E-state index is 12.6. The van der Waals surface area contributed by atoms with Crippen LogP contribution in [0.15, 0.2) is 35.7 Å². The zero-order valence-electron chi connectivity index (χ0n) is 12.2. The van der Waals surface area contributed by atoms with Crippen LogP contribution in [0.25, 0.3) is 11.3 Å². The summed E-state index contributed by atoms with van der Waals surface area (Å²) in [6, 6.07) is 10.1. The highest BCUT2D eigenvalue weighted by atomic mass is 32.1. The zero-order chi connectivity index (χ0) is 14.7. The number of rotatable bonds is 5. The Morgan fingerprint density at radius 3 is 2.67 bits per heavy atom. The van der Waals surface area contributed by atoms with Crippen molar-refractivity contribution in [3.8, 4) is 11.3 Å². The Labute approximate surface area is 129 Å². The van der Waals surface area contributed by atoms with E-state index in [0.717, 1.165) is 41.9 Å². The summed E-state index contributed by atoms with van der Waals surface area (Å²) in [4.78, 5) is 17.2. The van der Waals surface area contributed by atoms with Crippen molar-refractivity contribution in [3.05, 3.63) is 40.7 Å². The summed E-state index contributed by atoms with van der Waals surface area (Å²) in [5, 5.41) is 2.90. The number of carbonyl (C=O) groups excluding carboxylic acids is 1. The molecule has 1 aliphatic carbocycles. The number of ether oxygens (including phenoxy) is 1. The number of benzene rings is 1. The Morgan fingerprint density at radius 1 is 1.29 bits per heavy atom. The standard InChI is InChI=1S/C17H19NO2S/c1-20-17(9-5-6-10-17)15(19)11-16-18-14(12-21-16)13-7-3-2-4-8-13/h2-4,7-8,12H,5-6,9-11H2,1H3. The summed E-state index contributed by atoms with van der Waals surface area (Å²) in [6.07, 6.45) is 4.23. The van der Waals surface area contributed by atoms with E-state index in [1.54, 1.807) is 18.4 Å². The van der Waals surface area contributed by atoms with Crippen LogP contribution in [-0.4, -0.2) is 23.5 Å². The van der Waals surface area contributed by atoms with E-state index in [9.17, 15) is 4.79 Å². The molecule has 1 aliphatic rings. The van der Waals surface area contributed by atoms with Gasteiger partial charge in [-0.3, -0.25) is 4.79 Å². The minimum atomic E-state index is -0.557. The van der Waals surface area contributed by atoms with Gasteiger partial charge in [0.25, 0.3) is 0 Å². The molecule has 1 aromatic carbocycles. The molecule has 0 aliphatic heterocycles.